The van der Waals surface area contributed by atoms with E-state index in [2.05, 4.69) is 53.4 Å². The summed E-state index contributed by atoms with van der Waals surface area (Å²) >= 11 is 0. The zero-order valence-electron chi connectivity index (χ0n) is 11.6. The Morgan fingerprint density at radius 2 is 2.17 bits per heavy atom. The fourth-order valence-corrected chi connectivity index (χ4v) is 2.01. The molecule has 2 aromatic heterocycles. The first-order valence-corrected chi connectivity index (χ1v) is 6.42. The molecule has 2 rings (SSSR count). The second kappa shape index (κ2) is 5.40. The first-order chi connectivity index (χ1) is 8.54. The molecule has 0 aromatic carbocycles. The number of nitrogens with one attached hydrogen (secondary N) is 1. The fourth-order valence-electron chi connectivity index (χ4n) is 2.01. The van der Waals surface area contributed by atoms with E-state index in [9.17, 15) is 0 Å². The fraction of sp³-hybridized carbons (Fsp3) is 0.500. The lowest BCUT2D eigenvalue weighted by molar-refractivity contribution is 0.587. The maximum absolute atomic E-state index is 4.36. The van der Waals surface area contributed by atoms with E-state index in [4.69, 9.17) is 0 Å². The molecule has 0 saturated carbocycles. The van der Waals surface area contributed by atoms with Crippen LogP contribution in [0, 0.1) is 6.92 Å². The monoisotopic (exact) mass is 246 g/mol. The van der Waals surface area contributed by atoms with E-state index >= 15 is 0 Å². The Labute approximate surface area is 109 Å². The third-order valence-corrected chi connectivity index (χ3v) is 2.97. The molecule has 0 amide bonds. The molecule has 0 bridgehead atoms. The molecule has 98 valence electrons. The summed E-state index contributed by atoms with van der Waals surface area (Å²) in [4.78, 5) is 0. The Balaban J connectivity index is 2.00. The largest absolute Gasteiger partial charge is 0.348 e. The van der Waals surface area contributed by atoms with Crippen molar-refractivity contribution >= 4 is 0 Å². The summed E-state index contributed by atoms with van der Waals surface area (Å²) in [7, 11) is 1.99. The average molecular weight is 246 g/mol. The Morgan fingerprint density at radius 3 is 2.78 bits per heavy atom. The molecule has 2 aromatic rings. The summed E-state index contributed by atoms with van der Waals surface area (Å²) in [5.74, 6) is 0. The summed E-state index contributed by atoms with van der Waals surface area (Å²) in [6.45, 7) is 8.15. The van der Waals surface area contributed by atoms with Crippen LogP contribution in [0.1, 0.15) is 30.8 Å². The van der Waals surface area contributed by atoms with Gasteiger partial charge in [-0.25, -0.2) is 0 Å². The van der Waals surface area contributed by atoms with E-state index in [1.54, 1.807) is 0 Å². The van der Waals surface area contributed by atoms with Crippen LogP contribution in [0.15, 0.2) is 24.5 Å². The summed E-state index contributed by atoms with van der Waals surface area (Å²) in [6.07, 6.45) is 4.32. The predicted molar refractivity (Wildman–Crippen MR) is 73.5 cm³/mol. The lowest BCUT2D eigenvalue weighted by Gasteiger charge is -2.06. The number of aromatic nitrogens is 3. The van der Waals surface area contributed by atoms with Crippen LogP contribution < -0.4 is 5.32 Å². The lowest BCUT2D eigenvalue weighted by Crippen LogP contribution is -2.21. The van der Waals surface area contributed by atoms with Gasteiger partial charge in [0.05, 0.1) is 17.9 Å². The first-order valence-electron chi connectivity index (χ1n) is 6.42. The zero-order chi connectivity index (χ0) is 13.1. The highest BCUT2D eigenvalue weighted by Crippen LogP contribution is 2.07. The third kappa shape index (κ3) is 3.23. The molecule has 0 saturated heterocycles. The van der Waals surface area contributed by atoms with Crippen molar-refractivity contribution in [3.05, 3.63) is 41.5 Å². The molecule has 4 nitrogen and oxygen atoms in total. The molecule has 4 heteroatoms. The van der Waals surface area contributed by atoms with Crippen molar-refractivity contribution in [2.24, 2.45) is 7.05 Å². The van der Waals surface area contributed by atoms with Gasteiger partial charge in [0, 0.05) is 32.0 Å². The maximum atomic E-state index is 4.36. The van der Waals surface area contributed by atoms with Crippen LogP contribution in [-0.4, -0.2) is 20.4 Å². The summed E-state index contributed by atoms with van der Waals surface area (Å²) < 4.78 is 4.15. The van der Waals surface area contributed by atoms with Crippen LogP contribution in [0.4, 0.5) is 0 Å². The highest BCUT2D eigenvalue weighted by atomic mass is 15.3. The van der Waals surface area contributed by atoms with E-state index in [-0.39, 0.29) is 0 Å². The topological polar surface area (TPSA) is 34.8 Å². The molecule has 0 aliphatic rings. The van der Waals surface area contributed by atoms with Crippen molar-refractivity contribution in [3.8, 4) is 0 Å². The van der Waals surface area contributed by atoms with Crippen molar-refractivity contribution < 1.29 is 0 Å². The molecule has 2 heterocycles. The van der Waals surface area contributed by atoms with Gasteiger partial charge >= 0.3 is 0 Å². The van der Waals surface area contributed by atoms with Gasteiger partial charge in [0.1, 0.15) is 0 Å². The second-order valence-corrected chi connectivity index (χ2v) is 5.13. The standard InChI is InChI=1S/C14H22N4/c1-11(2)15-8-13-5-6-18(9-13)10-14-7-12(3)16-17(14)4/h5-7,9,11,15H,8,10H2,1-4H3. The van der Waals surface area contributed by atoms with E-state index in [1.807, 2.05) is 18.7 Å². The van der Waals surface area contributed by atoms with Crippen LogP contribution >= 0.6 is 0 Å². The molecule has 0 unspecified atom stereocenters. The van der Waals surface area contributed by atoms with Gasteiger partial charge in [-0.15, -0.1) is 0 Å². The van der Waals surface area contributed by atoms with Crippen molar-refractivity contribution in [2.45, 2.75) is 39.9 Å². The summed E-state index contributed by atoms with van der Waals surface area (Å²) in [6, 6.07) is 4.82. The summed E-state index contributed by atoms with van der Waals surface area (Å²) in [5.41, 5.74) is 3.62. The molecule has 0 fully saturated rings. The Bertz CT molecular complexity index is 508. The van der Waals surface area contributed by atoms with Gasteiger partial charge in [0.25, 0.3) is 0 Å². The first kappa shape index (κ1) is 12.9. The molecule has 0 radical (unpaired) electrons. The van der Waals surface area contributed by atoms with Gasteiger partial charge in [0.2, 0.25) is 0 Å². The predicted octanol–water partition coefficient (Wildman–Crippen LogP) is 2.08. The average Bonchev–Trinajstić information content (AvgIpc) is 2.84. The minimum absolute atomic E-state index is 0.521. The van der Waals surface area contributed by atoms with Crippen molar-refractivity contribution in [2.75, 3.05) is 0 Å². The van der Waals surface area contributed by atoms with Crippen molar-refractivity contribution in [3.63, 3.8) is 0 Å². The van der Waals surface area contributed by atoms with Gasteiger partial charge in [-0.3, -0.25) is 4.68 Å². The zero-order valence-corrected chi connectivity index (χ0v) is 11.6. The van der Waals surface area contributed by atoms with E-state index in [0.29, 0.717) is 6.04 Å². The van der Waals surface area contributed by atoms with Crippen molar-refractivity contribution in [1.29, 1.82) is 0 Å². The van der Waals surface area contributed by atoms with E-state index < -0.39 is 0 Å². The van der Waals surface area contributed by atoms with Crippen LogP contribution in [0.25, 0.3) is 0 Å². The second-order valence-electron chi connectivity index (χ2n) is 5.13. The van der Waals surface area contributed by atoms with Gasteiger partial charge in [0.15, 0.2) is 0 Å². The smallest absolute Gasteiger partial charge is 0.0639 e. The van der Waals surface area contributed by atoms with Crippen LogP contribution in [-0.2, 0) is 20.1 Å². The molecule has 0 aliphatic carbocycles. The number of hydrogen-bond acceptors (Lipinski definition) is 2. The SMILES string of the molecule is Cc1cc(Cn2ccc(CNC(C)C)c2)n(C)n1. The Kier molecular flexibility index (Phi) is 3.87. The van der Waals surface area contributed by atoms with Gasteiger partial charge < -0.3 is 9.88 Å². The molecular formula is C14H22N4. The highest BCUT2D eigenvalue weighted by Gasteiger charge is 2.04. The lowest BCUT2D eigenvalue weighted by atomic mass is 10.3. The van der Waals surface area contributed by atoms with Crippen LogP contribution in [0.2, 0.25) is 0 Å². The highest BCUT2D eigenvalue weighted by molar-refractivity contribution is 5.14. The van der Waals surface area contributed by atoms with Gasteiger partial charge in [-0.05, 0) is 24.6 Å². The molecular weight excluding hydrogens is 224 g/mol. The molecule has 1 N–H and O–H groups in total. The van der Waals surface area contributed by atoms with Crippen molar-refractivity contribution in [1.82, 2.24) is 19.7 Å². The maximum Gasteiger partial charge on any atom is 0.0639 e. The minimum Gasteiger partial charge on any atom is -0.348 e. The van der Waals surface area contributed by atoms with E-state index in [1.165, 1.54) is 11.3 Å². The van der Waals surface area contributed by atoms with Gasteiger partial charge in [-0.1, -0.05) is 13.8 Å². The van der Waals surface area contributed by atoms with Crippen LogP contribution in [0.3, 0.4) is 0 Å². The normalized spacial score (nSPS) is 11.4. The minimum atomic E-state index is 0.521. The molecule has 0 aliphatic heterocycles. The number of aryl methyl sites for hydroxylation is 2. The Hall–Kier alpha value is -1.55. The molecule has 0 atom stereocenters. The quantitative estimate of drug-likeness (QED) is 0.876. The number of rotatable bonds is 5. The number of nitrogens with zero attached hydrogens (tertiary/aromatic N) is 3. The van der Waals surface area contributed by atoms with Gasteiger partial charge in [-0.2, -0.15) is 5.10 Å². The van der Waals surface area contributed by atoms with Crippen LogP contribution in [0.5, 0.6) is 0 Å². The Morgan fingerprint density at radius 1 is 1.39 bits per heavy atom. The summed E-state index contributed by atoms with van der Waals surface area (Å²) in [5, 5.41) is 7.79. The molecule has 18 heavy (non-hydrogen) atoms. The number of hydrogen-bond donors (Lipinski definition) is 1. The molecule has 0 spiro atoms. The van der Waals surface area contributed by atoms with E-state index in [0.717, 1.165) is 18.8 Å². The third-order valence-electron chi connectivity index (χ3n) is 2.97.